The minimum Gasteiger partial charge on any atom is -0.373 e. The Morgan fingerprint density at radius 2 is 2.15 bits per heavy atom. The molecule has 0 aromatic rings. The Labute approximate surface area is 119 Å². The molecule has 20 heavy (non-hydrogen) atoms. The first-order valence-electron chi connectivity index (χ1n) is 7.53. The summed E-state index contributed by atoms with van der Waals surface area (Å²) in [5.41, 5.74) is 0. The van der Waals surface area contributed by atoms with E-state index in [1.807, 2.05) is 0 Å². The maximum atomic E-state index is 12.2. The van der Waals surface area contributed by atoms with Gasteiger partial charge in [-0.1, -0.05) is 0 Å². The number of hydrogen-bond donors (Lipinski definition) is 1. The molecule has 6 heteroatoms. The highest BCUT2D eigenvalue weighted by atomic mass is 16.5. The van der Waals surface area contributed by atoms with Gasteiger partial charge >= 0.3 is 0 Å². The number of nitrogens with zero attached hydrogens (tertiary/aromatic N) is 2. The van der Waals surface area contributed by atoms with E-state index in [0.717, 1.165) is 19.7 Å². The van der Waals surface area contributed by atoms with Crippen LogP contribution in [0.5, 0.6) is 0 Å². The van der Waals surface area contributed by atoms with E-state index in [0.29, 0.717) is 12.6 Å². The van der Waals surface area contributed by atoms with Gasteiger partial charge in [0.25, 0.3) is 0 Å². The van der Waals surface area contributed by atoms with Crippen molar-refractivity contribution >= 4 is 11.8 Å². The number of fused-ring (bicyclic) bond motifs is 1. The van der Waals surface area contributed by atoms with Gasteiger partial charge in [0.15, 0.2) is 0 Å². The maximum absolute atomic E-state index is 12.2. The Morgan fingerprint density at radius 1 is 1.35 bits per heavy atom. The van der Waals surface area contributed by atoms with E-state index in [1.165, 1.54) is 12.8 Å². The molecule has 3 aliphatic rings. The minimum absolute atomic E-state index is 0.00996. The second-order valence-electron chi connectivity index (χ2n) is 6.14. The second-order valence-corrected chi connectivity index (χ2v) is 6.14. The van der Waals surface area contributed by atoms with Crippen LogP contribution in [0.15, 0.2) is 0 Å². The molecule has 0 bridgehead atoms. The van der Waals surface area contributed by atoms with Crippen LogP contribution in [0.25, 0.3) is 0 Å². The van der Waals surface area contributed by atoms with Crippen molar-refractivity contribution in [2.24, 2.45) is 0 Å². The lowest BCUT2D eigenvalue weighted by atomic mass is 10.1. The van der Waals surface area contributed by atoms with Crippen molar-refractivity contribution in [1.29, 1.82) is 0 Å². The van der Waals surface area contributed by atoms with Gasteiger partial charge in [0.1, 0.15) is 12.1 Å². The molecule has 0 aromatic heterocycles. The Bertz CT molecular complexity index is 414. The lowest BCUT2D eigenvalue weighted by molar-refractivity contribution is -0.152. The van der Waals surface area contributed by atoms with Gasteiger partial charge in [0, 0.05) is 19.1 Å². The summed E-state index contributed by atoms with van der Waals surface area (Å²) in [5, 5.41) is 2.70. The van der Waals surface area contributed by atoms with E-state index in [2.05, 4.69) is 10.2 Å². The number of nitrogens with one attached hydrogen (secondary N) is 1. The molecule has 4 atom stereocenters. The van der Waals surface area contributed by atoms with Gasteiger partial charge in [-0.05, 0) is 33.2 Å². The van der Waals surface area contributed by atoms with Gasteiger partial charge in [-0.2, -0.15) is 0 Å². The standard InChI is InChI=1S/C14H23N3O3/c1-9-14(19)17(10(2)13(18)15-9)7-12-6-16-5-3-4-11(16)8-20-12/h9-12H,3-8H2,1-2H3,(H,15,18). The number of ether oxygens (including phenoxy) is 1. The number of rotatable bonds is 2. The third-order valence-electron chi connectivity index (χ3n) is 4.72. The van der Waals surface area contributed by atoms with Crippen LogP contribution < -0.4 is 5.32 Å². The summed E-state index contributed by atoms with van der Waals surface area (Å²) in [6, 6.07) is -0.275. The fraction of sp³-hybridized carbons (Fsp3) is 0.857. The van der Waals surface area contributed by atoms with E-state index >= 15 is 0 Å². The van der Waals surface area contributed by atoms with E-state index in [9.17, 15) is 9.59 Å². The smallest absolute Gasteiger partial charge is 0.245 e. The normalized spacial score (nSPS) is 38.8. The molecule has 4 unspecified atom stereocenters. The van der Waals surface area contributed by atoms with Crippen molar-refractivity contribution in [2.45, 2.75) is 50.9 Å². The van der Waals surface area contributed by atoms with E-state index in [1.54, 1.807) is 18.7 Å². The SMILES string of the molecule is CC1NC(=O)C(C)N(CC2CN3CCCC3CO2)C1=O. The predicted molar refractivity (Wildman–Crippen MR) is 73.1 cm³/mol. The first-order chi connectivity index (χ1) is 9.56. The molecule has 0 aliphatic carbocycles. The van der Waals surface area contributed by atoms with Crippen LogP contribution in [-0.2, 0) is 14.3 Å². The zero-order valence-corrected chi connectivity index (χ0v) is 12.2. The van der Waals surface area contributed by atoms with Gasteiger partial charge in [0.2, 0.25) is 11.8 Å². The van der Waals surface area contributed by atoms with Crippen LogP contribution in [0.4, 0.5) is 0 Å². The van der Waals surface area contributed by atoms with Crippen LogP contribution in [0.2, 0.25) is 0 Å². The molecule has 0 spiro atoms. The first-order valence-corrected chi connectivity index (χ1v) is 7.53. The number of piperazine rings is 1. The third-order valence-corrected chi connectivity index (χ3v) is 4.72. The molecule has 0 saturated carbocycles. The van der Waals surface area contributed by atoms with Gasteiger partial charge in [-0.15, -0.1) is 0 Å². The Morgan fingerprint density at radius 3 is 2.95 bits per heavy atom. The molecule has 3 aliphatic heterocycles. The minimum atomic E-state index is -0.429. The first kappa shape index (κ1) is 13.8. The van der Waals surface area contributed by atoms with E-state index < -0.39 is 12.1 Å². The molecule has 3 saturated heterocycles. The van der Waals surface area contributed by atoms with Crippen LogP contribution >= 0.6 is 0 Å². The summed E-state index contributed by atoms with van der Waals surface area (Å²) in [4.78, 5) is 28.2. The Balaban J connectivity index is 1.64. The Kier molecular flexibility index (Phi) is 3.69. The van der Waals surface area contributed by atoms with E-state index in [4.69, 9.17) is 4.74 Å². The zero-order chi connectivity index (χ0) is 14.3. The average Bonchev–Trinajstić information content (AvgIpc) is 2.89. The lowest BCUT2D eigenvalue weighted by Crippen LogP contribution is -2.63. The summed E-state index contributed by atoms with van der Waals surface area (Å²) < 4.78 is 5.89. The summed E-state index contributed by atoms with van der Waals surface area (Å²) in [5.74, 6) is -0.0868. The van der Waals surface area contributed by atoms with Crippen molar-refractivity contribution in [3.63, 3.8) is 0 Å². The molecular formula is C14H23N3O3. The molecule has 1 N–H and O–H groups in total. The third kappa shape index (κ3) is 2.42. The number of hydrogen-bond acceptors (Lipinski definition) is 4. The molecule has 112 valence electrons. The average molecular weight is 281 g/mol. The molecule has 0 radical (unpaired) electrons. The summed E-state index contributed by atoms with van der Waals surface area (Å²) >= 11 is 0. The Hall–Kier alpha value is -1.14. The van der Waals surface area contributed by atoms with Gasteiger partial charge in [-0.25, -0.2) is 0 Å². The second kappa shape index (κ2) is 5.33. The fourth-order valence-electron chi connectivity index (χ4n) is 3.44. The van der Waals surface area contributed by atoms with Gasteiger partial charge in [0.05, 0.1) is 12.7 Å². The monoisotopic (exact) mass is 281 g/mol. The molecule has 2 amide bonds. The quantitative estimate of drug-likeness (QED) is 0.747. The summed E-state index contributed by atoms with van der Waals surface area (Å²) in [6.45, 7) is 6.78. The molecule has 3 heterocycles. The van der Waals surface area contributed by atoms with Gasteiger partial charge in [-0.3, -0.25) is 14.5 Å². The highest BCUT2D eigenvalue weighted by Gasteiger charge is 2.39. The van der Waals surface area contributed by atoms with Crippen LogP contribution in [0.3, 0.4) is 0 Å². The highest BCUT2D eigenvalue weighted by molar-refractivity contribution is 5.96. The zero-order valence-electron chi connectivity index (χ0n) is 12.2. The van der Waals surface area contributed by atoms with Gasteiger partial charge < -0.3 is 15.0 Å². The largest absolute Gasteiger partial charge is 0.373 e. The van der Waals surface area contributed by atoms with E-state index in [-0.39, 0.29) is 17.9 Å². The summed E-state index contributed by atoms with van der Waals surface area (Å²) in [6.07, 6.45) is 2.47. The number of carbonyl (C=O) groups excluding carboxylic acids is 2. The number of carbonyl (C=O) groups is 2. The topological polar surface area (TPSA) is 61.9 Å². The maximum Gasteiger partial charge on any atom is 0.245 e. The molecule has 6 nitrogen and oxygen atoms in total. The van der Waals surface area contributed by atoms with Crippen LogP contribution in [0.1, 0.15) is 26.7 Å². The fourth-order valence-corrected chi connectivity index (χ4v) is 3.44. The molecule has 3 fully saturated rings. The molecule has 0 aromatic carbocycles. The van der Waals surface area contributed by atoms with Crippen molar-refractivity contribution in [2.75, 3.05) is 26.2 Å². The van der Waals surface area contributed by atoms with Crippen LogP contribution in [-0.4, -0.2) is 72.1 Å². The highest BCUT2D eigenvalue weighted by Crippen LogP contribution is 2.23. The number of amides is 2. The molecular weight excluding hydrogens is 258 g/mol. The van der Waals surface area contributed by atoms with Crippen molar-refractivity contribution in [3.8, 4) is 0 Å². The van der Waals surface area contributed by atoms with Crippen molar-refractivity contribution in [3.05, 3.63) is 0 Å². The van der Waals surface area contributed by atoms with Crippen molar-refractivity contribution < 1.29 is 14.3 Å². The van der Waals surface area contributed by atoms with Crippen molar-refractivity contribution in [1.82, 2.24) is 15.1 Å². The lowest BCUT2D eigenvalue weighted by Gasteiger charge is -2.41. The summed E-state index contributed by atoms with van der Waals surface area (Å²) in [7, 11) is 0. The molecule has 3 rings (SSSR count). The predicted octanol–water partition coefficient (Wildman–Crippen LogP) is -0.415. The number of morpholine rings is 1. The van der Waals surface area contributed by atoms with Crippen LogP contribution in [0, 0.1) is 0 Å².